The van der Waals surface area contributed by atoms with Crippen molar-refractivity contribution in [3.63, 3.8) is 0 Å². The highest BCUT2D eigenvalue weighted by molar-refractivity contribution is 6.33. The van der Waals surface area contributed by atoms with Crippen molar-refractivity contribution in [2.24, 2.45) is 0 Å². The van der Waals surface area contributed by atoms with Crippen LogP contribution in [0.15, 0.2) is 65.7 Å². The van der Waals surface area contributed by atoms with Crippen LogP contribution in [0.4, 0.5) is 8.78 Å². The largest absolute Gasteiger partial charge is 0.319 e. The minimum atomic E-state index is -1.08. The molecule has 2 aromatic carbocycles. The highest BCUT2D eigenvalue weighted by atomic mass is 35.5. The van der Waals surface area contributed by atoms with Gasteiger partial charge in [0.05, 0.1) is 28.1 Å². The Morgan fingerprint density at radius 1 is 1.10 bits per heavy atom. The SMILES string of the molecule is O=c1cc(Cn2c(-c3ccncc3Cl)nc3ccccc32)c2ccc(F)c(F)c2[nH]1. The molecule has 0 fully saturated rings. The first-order valence-corrected chi connectivity index (χ1v) is 9.46. The Bertz CT molecular complexity index is 1490. The first kappa shape index (κ1) is 18.4. The maximum absolute atomic E-state index is 14.3. The van der Waals surface area contributed by atoms with Crippen molar-refractivity contribution in [1.29, 1.82) is 0 Å². The van der Waals surface area contributed by atoms with Crippen molar-refractivity contribution >= 4 is 33.5 Å². The van der Waals surface area contributed by atoms with Crippen molar-refractivity contribution in [2.75, 3.05) is 0 Å². The van der Waals surface area contributed by atoms with E-state index in [4.69, 9.17) is 16.6 Å². The minimum absolute atomic E-state index is 0.162. The van der Waals surface area contributed by atoms with Crippen molar-refractivity contribution in [3.05, 3.63) is 93.5 Å². The average molecular weight is 423 g/mol. The third-order valence-electron chi connectivity index (χ3n) is 4.99. The number of pyridine rings is 2. The van der Waals surface area contributed by atoms with Crippen molar-refractivity contribution in [1.82, 2.24) is 19.5 Å². The van der Waals surface area contributed by atoms with E-state index in [9.17, 15) is 13.6 Å². The molecule has 0 saturated carbocycles. The van der Waals surface area contributed by atoms with Gasteiger partial charge in [-0.2, -0.15) is 0 Å². The number of fused-ring (bicyclic) bond motifs is 2. The second-order valence-corrected chi connectivity index (χ2v) is 7.22. The molecule has 0 saturated heterocycles. The summed E-state index contributed by atoms with van der Waals surface area (Å²) in [5, 5.41) is 0.844. The van der Waals surface area contributed by atoms with Crippen molar-refractivity contribution in [2.45, 2.75) is 6.54 Å². The van der Waals surface area contributed by atoms with Gasteiger partial charge in [-0.15, -0.1) is 0 Å². The first-order valence-electron chi connectivity index (χ1n) is 9.08. The van der Waals surface area contributed by atoms with Crippen LogP contribution in [0, 0.1) is 11.6 Å². The van der Waals surface area contributed by atoms with Crippen LogP contribution in [0.5, 0.6) is 0 Å². The summed E-state index contributed by atoms with van der Waals surface area (Å²) in [4.78, 5) is 23.3. The molecule has 8 heteroatoms. The molecule has 0 aliphatic carbocycles. The predicted octanol–water partition coefficient (Wildman–Crippen LogP) is 4.92. The van der Waals surface area contributed by atoms with Crippen LogP contribution in [0.2, 0.25) is 5.02 Å². The lowest BCUT2D eigenvalue weighted by atomic mass is 10.1. The van der Waals surface area contributed by atoms with Gasteiger partial charge in [0.15, 0.2) is 11.6 Å². The summed E-state index contributed by atoms with van der Waals surface area (Å²) in [6.07, 6.45) is 3.15. The normalized spacial score (nSPS) is 11.4. The fourth-order valence-corrected chi connectivity index (χ4v) is 3.84. The van der Waals surface area contributed by atoms with Crippen LogP contribution in [-0.4, -0.2) is 19.5 Å². The molecular weight excluding hydrogens is 410 g/mol. The molecule has 30 heavy (non-hydrogen) atoms. The number of aromatic amines is 1. The number of aromatic nitrogens is 4. The number of nitrogens with one attached hydrogen (secondary N) is 1. The highest BCUT2D eigenvalue weighted by Crippen LogP contribution is 2.31. The van der Waals surface area contributed by atoms with Gasteiger partial charge in [-0.3, -0.25) is 9.78 Å². The standard InChI is InChI=1S/C22H13ClF2N4O/c23-15-10-26-8-7-14(15)22-27-17-3-1-2-4-18(17)29(22)11-12-9-19(30)28-21-13(12)5-6-16(24)20(21)25/h1-10H,11H2,(H,28,30). The third kappa shape index (κ3) is 2.95. The fraction of sp³-hybridized carbons (Fsp3) is 0.0455. The van der Waals surface area contributed by atoms with E-state index in [0.29, 0.717) is 27.4 Å². The van der Waals surface area contributed by atoms with Crippen LogP contribution < -0.4 is 5.56 Å². The number of hydrogen-bond donors (Lipinski definition) is 1. The Labute approximate surface area is 173 Å². The van der Waals surface area contributed by atoms with E-state index >= 15 is 0 Å². The summed E-state index contributed by atoms with van der Waals surface area (Å²) < 4.78 is 29.9. The van der Waals surface area contributed by atoms with Gasteiger partial charge >= 0.3 is 0 Å². The Hall–Kier alpha value is -3.58. The van der Waals surface area contributed by atoms with Crippen LogP contribution in [0.25, 0.3) is 33.3 Å². The molecule has 0 bridgehead atoms. The van der Waals surface area contributed by atoms with Crippen LogP contribution in [0.3, 0.4) is 0 Å². The molecule has 5 rings (SSSR count). The quantitative estimate of drug-likeness (QED) is 0.449. The summed E-state index contributed by atoms with van der Waals surface area (Å²) in [7, 11) is 0. The van der Waals surface area contributed by atoms with Gasteiger partial charge < -0.3 is 9.55 Å². The molecule has 0 atom stereocenters. The number of rotatable bonds is 3. The van der Waals surface area contributed by atoms with Crippen LogP contribution in [-0.2, 0) is 6.54 Å². The zero-order valence-corrected chi connectivity index (χ0v) is 16.1. The molecule has 1 N–H and O–H groups in total. The second kappa shape index (κ2) is 7.03. The third-order valence-corrected chi connectivity index (χ3v) is 5.29. The molecule has 0 spiro atoms. The number of halogens is 3. The lowest BCUT2D eigenvalue weighted by molar-refractivity contribution is 0.515. The smallest absolute Gasteiger partial charge is 0.248 e. The van der Waals surface area contributed by atoms with Gasteiger partial charge in [0, 0.05) is 29.4 Å². The maximum Gasteiger partial charge on any atom is 0.248 e. The topological polar surface area (TPSA) is 63.6 Å². The monoisotopic (exact) mass is 422 g/mol. The van der Waals surface area contributed by atoms with Gasteiger partial charge in [-0.1, -0.05) is 23.7 Å². The van der Waals surface area contributed by atoms with Crippen molar-refractivity contribution < 1.29 is 8.78 Å². The van der Waals surface area contributed by atoms with E-state index in [1.54, 1.807) is 12.3 Å². The molecule has 0 unspecified atom stereocenters. The number of benzene rings is 2. The molecule has 5 nitrogen and oxygen atoms in total. The molecule has 0 aliphatic rings. The zero-order chi connectivity index (χ0) is 20.8. The molecule has 5 aromatic rings. The minimum Gasteiger partial charge on any atom is -0.319 e. The fourth-order valence-electron chi connectivity index (χ4n) is 3.63. The zero-order valence-electron chi connectivity index (χ0n) is 15.4. The molecule has 3 aromatic heterocycles. The molecule has 0 aliphatic heterocycles. The maximum atomic E-state index is 14.3. The summed E-state index contributed by atoms with van der Waals surface area (Å²) in [6, 6.07) is 13.2. The van der Waals surface area contributed by atoms with Gasteiger partial charge in [0.25, 0.3) is 0 Å². The molecular formula is C22H13ClF2N4O. The Balaban J connectivity index is 1.78. The lowest BCUT2D eigenvalue weighted by Crippen LogP contribution is -2.11. The van der Waals surface area contributed by atoms with E-state index in [-0.39, 0.29) is 12.1 Å². The summed E-state index contributed by atoms with van der Waals surface area (Å²) >= 11 is 6.36. The van der Waals surface area contributed by atoms with E-state index in [1.807, 2.05) is 28.8 Å². The summed E-state index contributed by atoms with van der Waals surface area (Å²) in [5.41, 5.74) is 2.08. The Morgan fingerprint density at radius 2 is 1.93 bits per heavy atom. The van der Waals surface area contributed by atoms with Crippen molar-refractivity contribution in [3.8, 4) is 11.4 Å². The number of nitrogens with zero attached hydrogens (tertiary/aromatic N) is 3. The van der Waals surface area contributed by atoms with Crippen LogP contribution >= 0.6 is 11.6 Å². The Morgan fingerprint density at radius 3 is 2.77 bits per heavy atom. The number of para-hydroxylation sites is 2. The van der Waals surface area contributed by atoms with E-state index in [1.165, 1.54) is 18.3 Å². The molecule has 3 heterocycles. The Kier molecular flexibility index (Phi) is 4.33. The molecule has 148 valence electrons. The number of imidazole rings is 1. The van der Waals surface area contributed by atoms with Gasteiger partial charge in [-0.05, 0) is 35.9 Å². The van der Waals surface area contributed by atoms with Gasteiger partial charge in [-0.25, -0.2) is 13.8 Å². The van der Waals surface area contributed by atoms with E-state index < -0.39 is 17.2 Å². The predicted molar refractivity (Wildman–Crippen MR) is 112 cm³/mol. The molecule has 0 radical (unpaired) electrons. The van der Waals surface area contributed by atoms with Gasteiger partial charge in [0.2, 0.25) is 5.56 Å². The number of hydrogen-bond acceptors (Lipinski definition) is 3. The average Bonchev–Trinajstić information content (AvgIpc) is 3.10. The van der Waals surface area contributed by atoms with Gasteiger partial charge in [0.1, 0.15) is 5.82 Å². The summed E-state index contributed by atoms with van der Waals surface area (Å²) in [6.45, 7) is 0.208. The van der Waals surface area contributed by atoms with E-state index in [2.05, 4.69) is 9.97 Å². The second-order valence-electron chi connectivity index (χ2n) is 6.81. The lowest BCUT2D eigenvalue weighted by Gasteiger charge is -2.13. The van der Waals surface area contributed by atoms with Crippen LogP contribution in [0.1, 0.15) is 5.56 Å². The van der Waals surface area contributed by atoms with E-state index in [0.717, 1.165) is 17.1 Å². The molecule has 0 amide bonds. The first-order chi connectivity index (χ1) is 14.5. The summed E-state index contributed by atoms with van der Waals surface area (Å²) in [5.74, 6) is -1.52. The number of H-pyrrole nitrogens is 1. The highest BCUT2D eigenvalue weighted by Gasteiger charge is 2.18.